The molecule has 9 heteroatoms. The van der Waals surface area contributed by atoms with Crippen LogP contribution >= 0.6 is 0 Å². The Morgan fingerprint density at radius 2 is 1.47 bits per heavy atom. The van der Waals surface area contributed by atoms with Crippen LogP contribution in [0, 0.1) is 5.41 Å². The lowest BCUT2D eigenvalue weighted by Crippen LogP contribution is -2.53. The standard InChI is InChI=1S/C10H14F5NO3/c1-3-8(4-2,7(18)19)5-16-6(17)9(11,12)10(13,14)15/h3-5H2,1-2H3,(H,16,17)(H,18,19). The lowest BCUT2D eigenvalue weighted by atomic mass is 9.82. The van der Waals surface area contributed by atoms with Gasteiger partial charge in [0.2, 0.25) is 0 Å². The summed E-state index contributed by atoms with van der Waals surface area (Å²) < 4.78 is 60.9. The second kappa shape index (κ2) is 5.70. The molecule has 0 unspecified atom stereocenters. The molecule has 0 atom stereocenters. The molecular formula is C10H14F5NO3. The van der Waals surface area contributed by atoms with Crippen LogP contribution in [0.4, 0.5) is 22.0 Å². The number of carbonyl (C=O) groups excluding carboxylic acids is 1. The Morgan fingerprint density at radius 3 is 1.74 bits per heavy atom. The van der Waals surface area contributed by atoms with Crippen molar-refractivity contribution in [2.24, 2.45) is 5.41 Å². The van der Waals surface area contributed by atoms with Crippen molar-refractivity contribution in [3.05, 3.63) is 0 Å². The third-order valence-electron chi connectivity index (χ3n) is 3.04. The number of rotatable bonds is 6. The number of carboxylic acids is 1. The summed E-state index contributed by atoms with van der Waals surface area (Å²) in [7, 11) is 0. The molecule has 0 heterocycles. The molecule has 0 spiro atoms. The average molecular weight is 291 g/mol. The lowest BCUT2D eigenvalue weighted by Gasteiger charge is -2.28. The first kappa shape index (κ1) is 17.6. The van der Waals surface area contributed by atoms with E-state index in [4.69, 9.17) is 5.11 Å². The van der Waals surface area contributed by atoms with Crippen LogP contribution in [0.3, 0.4) is 0 Å². The van der Waals surface area contributed by atoms with Gasteiger partial charge in [0.25, 0.3) is 5.91 Å². The molecule has 0 saturated heterocycles. The first-order valence-electron chi connectivity index (χ1n) is 5.41. The number of hydrogen-bond acceptors (Lipinski definition) is 2. The molecule has 2 N–H and O–H groups in total. The van der Waals surface area contributed by atoms with Gasteiger partial charge in [-0.25, -0.2) is 0 Å². The van der Waals surface area contributed by atoms with Gasteiger partial charge in [0.1, 0.15) is 0 Å². The van der Waals surface area contributed by atoms with Crippen LogP contribution < -0.4 is 5.32 Å². The van der Waals surface area contributed by atoms with E-state index in [0.29, 0.717) is 0 Å². The van der Waals surface area contributed by atoms with Crippen LogP contribution in [0.1, 0.15) is 26.7 Å². The zero-order valence-corrected chi connectivity index (χ0v) is 10.3. The number of amides is 1. The molecule has 4 nitrogen and oxygen atoms in total. The van der Waals surface area contributed by atoms with Crippen LogP contribution in [-0.4, -0.2) is 35.6 Å². The third-order valence-corrected chi connectivity index (χ3v) is 3.04. The molecule has 0 aromatic heterocycles. The van der Waals surface area contributed by atoms with Gasteiger partial charge in [-0.15, -0.1) is 0 Å². The third kappa shape index (κ3) is 3.54. The van der Waals surface area contributed by atoms with E-state index >= 15 is 0 Å². The van der Waals surface area contributed by atoms with Gasteiger partial charge in [-0.1, -0.05) is 13.8 Å². The molecule has 0 rings (SSSR count). The fraction of sp³-hybridized carbons (Fsp3) is 0.800. The molecule has 0 bridgehead atoms. The van der Waals surface area contributed by atoms with Gasteiger partial charge in [-0.05, 0) is 12.8 Å². The molecule has 112 valence electrons. The number of carbonyl (C=O) groups is 2. The van der Waals surface area contributed by atoms with Crippen molar-refractivity contribution in [3.63, 3.8) is 0 Å². The second-order valence-corrected chi connectivity index (χ2v) is 4.05. The Balaban J connectivity index is 4.91. The summed E-state index contributed by atoms with van der Waals surface area (Å²) in [5.41, 5.74) is -1.56. The van der Waals surface area contributed by atoms with Crippen molar-refractivity contribution in [2.75, 3.05) is 6.54 Å². The van der Waals surface area contributed by atoms with E-state index in [0.717, 1.165) is 0 Å². The van der Waals surface area contributed by atoms with Crippen LogP contribution in [0.5, 0.6) is 0 Å². The highest BCUT2D eigenvalue weighted by Crippen LogP contribution is 2.36. The quantitative estimate of drug-likeness (QED) is 0.737. The monoisotopic (exact) mass is 291 g/mol. The highest BCUT2D eigenvalue weighted by molar-refractivity contribution is 5.85. The van der Waals surface area contributed by atoms with Crippen molar-refractivity contribution < 1.29 is 36.6 Å². The van der Waals surface area contributed by atoms with E-state index in [1.54, 1.807) is 0 Å². The van der Waals surface area contributed by atoms with E-state index in [1.807, 2.05) is 0 Å². The van der Waals surface area contributed by atoms with Gasteiger partial charge in [-0.2, -0.15) is 22.0 Å². The molecule has 0 radical (unpaired) electrons. The zero-order chi connectivity index (χ0) is 15.5. The first-order chi connectivity index (χ1) is 8.44. The highest BCUT2D eigenvalue weighted by atomic mass is 19.4. The number of halogens is 5. The minimum atomic E-state index is -6.01. The largest absolute Gasteiger partial charge is 0.481 e. The predicted molar refractivity (Wildman–Crippen MR) is 54.7 cm³/mol. The van der Waals surface area contributed by atoms with Crippen molar-refractivity contribution >= 4 is 11.9 Å². The Kier molecular flexibility index (Phi) is 5.28. The van der Waals surface area contributed by atoms with E-state index in [1.165, 1.54) is 19.2 Å². The van der Waals surface area contributed by atoms with Gasteiger partial charge in [0, 0.05) is 6.54 Å². The molecule has 1 amide bonds. The number of alkyl halides is 5. The second-order valence-electron chi connectivity index (χ2n) is 4.05. The molecule has 0 aliphatic rings. The van der Waals surface area contributed by atoms with Gasteiger partial charge in [0.15, 0.2) is 0 Å². The SMILES string of the molecule is CCC(CC)(CNC(=O)C(F)(F)C(F)(F)F)C(=O)O. The maximum atomic E-state index is 12.6. The van der Waals surface area contributed by atoms with Crippen molar-refractivity contribution in [3.8, 4) is 0 Å². The Hall–Kier alpha value is -1.41. The summed E-state index contributed by atoms with van der Waals surface area (Å²) in [5, 5.41) is 10.3. The average Bonchev–Trinajstić information content (AvgIpc) is 2.28. The topological polar surface area (TPSA) is 66.4 Å². The van der Waals surface area contributed by atoms with Crippen molar-refractivity contribution in [1.82, 2.24) is 5.32 Å². The number of aliphatic carboxylic acids is 1. The highest BCUT2D eigenvalue weighted by Gasteiger charge is 2.63. The summed E-state index contributed by atoms with van der Waals surface area (Å²) >= 11 is 0. The molecular weight excluding hydrogens is 277 g/mol. The van der Waals surface area contributed by atoms with Gasteiger partial charge in [0.05, 0.1) is 5.41 Å². The summed E-state index contributed by atoms with van der Waals surface area (Å²) in [6.07, 6.45) is -6.05. The number of nitrogens with one attached hydrogen (secondary N) is 1. The minimum absolute atomic E-state index is 0.0172. The van der Waals surface area contributed by atoms with E-state index in [-0.39, 0.29) is 12.8 Å². The Bertz CT molecular complexity index is 350. The van der Waals surface area contributed by atoms with Crippen LogP contribution in [0.15, 0.2) is 0 Å². The van der Waals surface area contributed by atoms with Gasteiger partial charge >= 0.3 is 18.1 Å². The predicted octanol–water partition coefficient (Wildman–Crippen LogP) is 2.19. The molecule has 0 aliphatic carbocycles. The van der Waals surface area contributed by atoms with Crippen LogP contribution in [0.2, 0.25) is 0 Å². The van der Waals surface area contributed by atoms with Crippen LogP contribution in [-0.2, 0) is 9.59 Å². The molecule has 0 aliphatic heterocycles. The smallest absolute Gasteiger partial charge is 0.463 e. The maximum Gasteiger partial charge on any atom is 0.463 e. The zero-order valence-electron chi connectivity index (χ0n) is 10.3. The molecule has 19 heavy (non-hydrogen) atoms. The van der Waals surface area contributed by atoms with Crippen molar-refractivity contribution in [2.45, 2.75) is 38.8 Å². The summed E-state index contributed by atoms with van der Waals surface area (Å²) in [6, 6.07) is 0. The molecule has 0 fully saturated rings. The first-order valence-corrected chi connectivity index (χ1v) is 5.41. The van der Waals surface area contributed by atoms with E-state index in [2.05, 4.69) is 0 Å². The lowest BCUT2D eigenvalue weighted by molar-refractivity contribution is -0.269. The Labute approximate surface area is 106 Å². The fourth-order valence-electron chi connectivity index (χ4n) is 1.37. The van der Waals surface area contributed by atoms with Crippen LogP contribution in [0.25, 0.3) is 0 Å². The van der Waals surface area contributed by atoms with E-state index < -0.39 is 35.9 Å². The van der Waals surface area contributed by atoms with Gasteiger partial charge in [-0.3, -0.25) is 9.59 Å². The minimum Gasteiger partial charge on any atom is -0.481 e. The van der Waals surface area contributed by atoms with E-state index in [9.17, 15) is 31.5 Å². The van der Waals surface area contributed by atoms with Crippen molar-refractivity contribution in [1.29, 1.82) is 0 Å². The number of hydrogen-bond donors (Lipinski definition) is 2. The molecule has 0 aromatic carbocycles. The summed E-state index contributed by atoms with van der Waals surface area (Å²) in [5.74, 6) is -9.46. The normalized spacial score (nSPS) is 13.2. The molecule has 0 aromatic rings. The fourth-order valence-corrected chi connectivity index (χ4v) is 1.37. The van der Waals surface area contributed by atoms with Gasteiger partial charge < -0.3 is 10.4 Å². The Morgan fingerprint density at radius 1 is 1.05 bits per heavy atom. The molecule has 0 saturated carbocycles. The maximum absolute atomic E-state index is 12.6. The number of carboxylic acid groups (broad SMARTS) is 1. The summed E-state index contributed by atoms with van der Waals surface area (Å²) in [6.45, 7) is 2.08. The summed E-state index contributed by atoms with van der Waals surface area (Å²) in [4.78, 5) is 21.8.